The second kappa shape index (κ2) is 13.6. The third-order valence-electron chi connectivity index (χ3n) is 7.63. The van der Waals surface area contributed by atoms with Crippen LogP contribution < -0.4 is 5.32 Å². The monoisotopic (exact) mass is 546 g/mol. The molecule has 0 aliphatic heterocycles. The molecule has 1 heterocycles. The van der Waals surface area contributed by atoms with Crippen molar-refractivity contribution < 1.29 is 0 Å². The van der Waals surface area contributed by atoms with Crippen LogP contribution in [0.15, 0.2) is 103 Å². The highest BCUT2D eigenvalue weighted by molar-refractivity contribution is 7.14. The minimum absolute atomic E-state index is 0.632. The lowest BCUT2D eigenvalue weighted by Gasteiger charge is -2.44. The summed E-state index contributed by atoms with van der Waals surface area (Å²) in [4.78, 5) is 4.58. The Kier molecular flexibility index (Phi) is 9.95. The van der Waals surface area contributed by atoms with Gasteiger partial charge < -0.3 is 5.32 Å². The fourth-order valence-electron chi connectivity index (χ4n) is 6.11. The van der Waals surface area contributed by atoms with E-state index in [0.717, 1.165) is 16.7 Å². The highest BCUT2D eigenvalue weighted by Gasteiger charge is 2.40. The van der Waals surface area contributed by atoms with Gasteiger partial charge in [-0.15, -0.1) is 11.3 Å². The van der Waals surface area contributed by atoms with E-state index in [4.69, 9.17) is 0 Å². The van der Waals surface area contributed by atoms with E-state index < -0.39 is 0 Å². The zero-order valence-corrected chi connectivity index (χ0v) is 25.6. The smallest absolute Gasteiger partial charge is 0.187 e. The summed E-state index contributed by atoms with van der Waals surface area (Å²) in [5.41, 5.74) is 9.76. The Hall–Kier alpha value is -3.69. The molecule has 0 saturated heterocycles. The average Bonchev–Trinajstić information content (AvgIpc) is 3.48. The van der Waals surface area contributed by atoms with E-state index >= 15 is 0 Å². The minimum Gasteiger partial charge on any atom is -0.339 e. The number of hydrogen-bond donors (Lipinski definition) is 1. The molecule has 1 N–H and O–H groups in total. The fourth-order valence-corrected chi connectivity index (χ4v) is 6.82. The lowest BCUT2D eigenvalue weighted by atomic mass is 9.60. The van der Waals surface area contributed by atoms with Crippen LogP contribution in [-0.2, 0) is 0 Å². The summed E-state index contributed by atoms with van der Waals surface area (Å²) >= 11 is 1.59. The van der Waals surface area contributed by atoms with Crippen molar-refractivity contribution in [3.8, 4) is 11.3 Å². The number of thiazole rings is 1. The lowest BCUT2D eigenvalue weighted by Crippen LogP contribution is -2.30. The van der Waals surface area contributed by atoms with Gasteiger partial charge in [0.1, 0.15) is 0 Å². The van der Waals surface area contributed by atoms with Crippen molar-refractivity contribution in [2.45, 2.75) is 59.8 Å². The van der Waals surface area contributed by atoms with Crippen LogP contribution in [0.5, 0.6) is 0 Å². The SMILES string of the molecule is C=CNc1nc(-c2cccc3cc(C)ccc23)cs1.CC.CC.CC1CC2c3ccccc3C1c1ccccc12. The first-order chi connectivity index (χ1) is 19.6. The summed E-state index contributed by atoms with van der Waals surface area (Å²) in [5, 5.41) is 8.46. The number of anilines is 1. The molecule has 0 fully saturated rings. The molecule has 0 radical (unpaired) electrons. The van der Waals surface area contributed by atoms with Crippen LogP contribution in [0.25, 0.3) is 22.0 Å². The van der Waals surface area contributed by atoms with Gasteiger partial charge in [-0.05, 0) is 58.5 Å². The quantitative estimate of drug-likeness (QED) is 0.243. The van der Waals surface area contributed by atoms with Gasteiger partial charge in [-0.25, -0.2) is 4.98 Å². The minimum atomic E-state index is 0.632. The topological polar surface area (TPSA) is 24.9 Å². The molecule has 0 saturated carbocycles. The molecule has 206 valence electrons. The number of aryl methyl sites for hydroxylation is 1. The molecule has 5 aromatic rings. The van der Waals surface area contributed by atoms with Gasteiger partial charge in [0.15, 0.2) is 5.13 Å². The Bertz CT molecular complexity index is 1520. The molecule has 3 aliphatic carbocycles. The third-order valence-corrected chi connectivity index (χ3v) is 8.40. The van der Waals surface area contributed by atoms with Crippen molar-refractivity contribution in [2.24, 2.45) is 5.92 Å². The van der Waals surface area contributed by atoms with Gasteiger partial charge in [-0.3, -0.25) is 0 Å². The molecule has 2 nitrogen and oxygen atoms in total. The molecular formula is C37H42N2S. The molecular weight excluding hydrogens is 504 g/mol. The summed E-state index contributed by atoms with van der Waals surface area (Å²) < 4.78 is 0. The molecule has 2 bridgehead atoms. The van der Waals surface area contributed by atoms with Crippen LogP contribution in [0.1, 0.15) is 80.7 Å². The molecule has 1 unspecified atom stereocenters. The number of nitrogens with zero attached hydrogens (tertiary/aromatic N) is 1. The molecule has 0 spiro atoms. The van der Waals surface area contributed by atoms with Gasteiger partial charge in [0.25, 0.3) is 0 Å². The first-order valence-corrected chi connectivity index (χ1v) is 15.5. The fraction of sp³-hybridized carbons (Fsp3) is 0.270. The number of hydrogen-bond acceptors (Lipinski definition) is 3. The van der Waals surface area contributed by atoms with Crippen molar-refractivity contribution >= 4 is 27.2 Å². The Morgan fingerprint density at radius 2 is 1.45 bits per heavy atom. The molecule has 4 aromatic carbocycles. The van der Waals surface area contributed by atoms with Crippen LogP contribution in [-0.4, -0.2) is 4.98 Å². The number of aromatic nitrogens is 1. The number of benzene rings is 4. The Morgan fingerprint density at radius 1 is 0.825 bits per heavy atom. The van der Waals surface area contributed by atoms with Crippen LogP contribution in [0, 0.1) is 12.8 Å². The van der Waals surface area contributed by atoms with E-state index in [9.17, 15) is 0 Å². The van der Waals surface area contributed by atoms with Crippen molar-refractivity contribution in [3.05, 3.63) is 131 Å². The first-order valence-electron chi connectivity index (χ1n) is 14.6. The lowest BCUT2D eigenvalue weighted by molar-refractivity contribution is 0.385. The van der Waals surface area contributed by atoms with Crippen molar-refractivity contribution in [1.82, 2.24) is 4.98 Å². The highest BCUT2D eigenvalue weighted by Crippen LogP contribution is 2.54. The molecule has 0 amide bonds. The van der Waals surface area contributed by atoms with E-state index in [1.165, 1.54) is 28.3 Å². The molecule has 40 heavy (non-hydrogen) atoms. The van der Waals surface area contributed by atoms with E-state index in [2.05, 4.69) is 121 Å². The number of nitrogens with one attached hydrogen (secondary N) is 1. The van der Waals surface area contributed by atoms with E-state index in [0.29, 0.717) is 11.8 Å². The van der Waals surface area contributed by atoms with Crippen LogP contribution in [0.4, 0.5) is 5.13 Å². The molecule has 1 atom stereocenters. The van der Waals surface area contributed by atoms with Gasteiger partial charge in [-0.1, -0.05) is 132 Å². The van der Waals surface area contributed by atoms with E-state index in [1.54, 1.807) is 39.8 Å². The molecule has 1 aromatic heterocycles. The van der Waals surface area contributed by atoms with Gasteiger partial charge in [-0.2, -0.15) is 0 Å². The Morgan fingerprint density at radius 3 is 2.08 bits per heavy atom. The van der Waals surface area contributed by atoms with Crippen LogP contribution in [0.2, 0.25) is 0 Å². The van der Waals surface area contributed by atoms with Crippen molar-refractivity contribution in [3.63, 3.8) is 0 Å². The second-order valence-corrected chi connectivity index (χ2v) is 10.8. The largest absolute Gasteiger partial charge is 0.339 e. The normalized spacial score (nSPS) is 17.5. The standard InChI is InChI=1S/C17H16.C16H14N2S.2C2H6/c1-11-10-16-12-6-2-4-8-14(12)17(11)15-9-5-3-7-13(15)16;1-3-17-16-18-15(10-19-16)14-6-4-5-12-9-11(2)7-8-13(12)14;2*1-2/h2-9,11,16-17H,10H2,1H3;3-10H,1H2,2H3,(H,17,18);2*1-2H3. The van der Waals surface area contributed by atoms with Crippen LogP contribution >= 0.6 is 11.3 Å². The second-order valence-electron chi connectivity index (χ2n) is 9.92. The third kappa shape index (κ3) is 5.76. The van der Waals surface area contributed by atoms with E-state index in [1.807, 2.05) is 27.7 Å². The maximum Gasteiger partial charge on any atom is 0.187 e. The van der Waals surface area contributed by atoms with Crippen molar-refractivity contribution in [2.75, 3.05) is 5.32 Å². The van der Waals surface area contributed by atoms with Gasteiger partial charge in [0.2, 0.25) is 0 Å². The summed E-state index contributed by atoms with van der Waals surface area (Å²) in [7, 11) is 0. The van der Waals surface area contributed by atoms with Crippen LogP contribution in [0.3, 0.4) is 0 Å². The number of fused-ring (bicyclic) bond motifs is 2. The molecule has 8 rings (SSSR count). The average molecular weight is 547 g/mol. The summed E-state index contributed by atoms with van der Waals surface area (Å²) in [6, 6.07) is 30.9. The zero-order chi connectivity index (χ0) is 28.6. The Labute approximate surface area is 244 Å². The van der Waals surface area contributed by atoms with Gasteiger partial charge in [0, 0.05) is 22.8 Å². The summed E-state index contributed by atoms with van der Waals surface area (Å²) in [6.07, 6.45) is 2.97. The van der Waals surface area contributed by atoms with Gasteiger partial charge in [0.05, 0.1) is 5.69 Å². The maximum atomic E-state index is 4.58. The highest BCUT2D eigenvalue weighted by atomic mass is 32.1. The summed E-state index contributed by atoms with van der Waals surface area (Å²) in [6.45, 7) is 16.2. The predicted octanol–water partition coefficient (Wildman–Crippen LogP) is 11.2. The zero-order valence-electron chi connectivity index (χ0n) is 24.7. The van der Waals surface area contributed by atoms with Gasteiger partial charge >= 0.3 is 0 Å². The van der Waals surface area contributed by atoms with E-state index in [-0.39, 0.29) is 0 Å². The Balaban J connectivity index is 0.000000165. The maximum absolute atomic E-state index is 4.58. The predicted molar refractivity (Wildman–Crippen MR) is 177 cm³/mol. The number of rotatable bonds is 3. The molecule has 3 heteroatoms. The summed E-state index contributed by atoms with van der Waals surface area (Å²) in [5.74, 6) is 2.06. The molecule has 3 aliphatic rings. The first kappa shape index (κ1) is 29.3. The van der Waals surface area contributed by atoms with Crippen molar-refractivity contribution in [1.29, 1.82) is 0 Å².